The normalized spacial score (nSPS) is 28.5. The van der Waals surface area contributed by atoms with Crippen LogP contribution in [0.5, 0.6) is 0 Å². The van der Waals surface area contributed by atoms with Gasteiger partial charge >= 0.3 is 0 Å². The molecular formula is C17H28FN3. The molecule has 1 saturated heterocycles. The Bertz CT molecular complexity index is 465. The van der Waals surface area contributed by atoms with Crippen molar-refractivity contribution in [3.05, 3.63) is 29.8 Å². The van der Waals surface area contributed by atoms with Crippen LogP contribution in [0.25, 0.3) is 0 Å². The minimum atomic E-state index is -0.251. The molecule has 1 aliphatic heterocycles. The molecule has 3 atom stereocenters. The van der Waals surface area contributed by atoms with E-state index in [2.05, 4.69) is 42.9 Å². The second-order valence-electron chi connectivity index (χ2n) is 6.62. The van der Waals surface area contributed by atoms with Crippen LogP contribution in [0.3, 0.4) is 0 Å². The maximum atomic E-state index is 13.4. The van der Waals surface area contributed by atoms with E-state index in [9.17, 15) is 4.39 Å². The zero-order valence-corrected chi connectivity index (χ0v) is 13.7. The van der Waals surface area contributed by atoms with Gasteiger partial charge in [-0.1, -0.05) is 27.2 Å². The highest BCUT2D eigenvalue weighted by molar-refractivity contribution is 5.11. The fourth-order valence-corrected chi connectivity index (χ4v) is 3.02. The quantitative estimate of drug-likeness (QED) is 0.903. The SMILES string of the molecule is CCC(C)C1CN(Cc2cncc(F)c2)C(C)(CC)CN1. The lowest BCUT2D eigenvalue weighted by molar-refractivity contribution is 0.0292. The van der Waals surface area contributed by atoms with Crippen LogP contribution in [0.1, 0.15) is 46.1 Å². The average Bonchev–Trinajstić information content (AvgIpc) is 2.49. The van der Waals surface area contributed by atoms with Gasteiger partial charge in [-0.25, -0.2) is 4.39 Å². The highest BCUT2D eigenvalue weighted by Gasteiger charge is 2.37. The molecule has 3 nitrogen and oxygen atoms in total. The number of hydrogen-bond donors (Lipinski definition) is 1. The smallest absolute Gasteiger partial charge is 0.141 e. The summed E-state index contributed by atoms with van der Waals surface area (Å²) in [5.74, 6) is 0.402. The standard InChI is InChI=1S/C17H28FN3/c1-5-13(3)16-11-21(17(4,6-2)12-20-16)10-14-7-15(18)9-19-8-14/h7-9,13,16,20H,5-6,10-12H2,1-4H3. The van der Waals surface area contributed by atoms with E-state index in [0.717, 1.165) is 31.6 Å². The summed E-state index contributed by atoms with van der Waals surface area (Å²) in [7, 11) is 0. The summed E-state index contributed by atoms with van der Waals surface area (Å²) in [4.78, 5) is 6.47. The van der Waals surface area contributed by atoms with Gasteiger partial charge in [0.2, 0.25) is 0 Å². The molecule has 0 spiro atoms. The van der Waals surface area contributed by atoms with Crippen molar-refractivity contribution in [2.45, 2.75) is 58.7 Å². The third-order valence-electron chi connectivity index (χ3n) is 5.15. The molecule has 118 valence electrons. The van der Waals surface area contributed by atoms with E-state index in [4.69, 9.17) is 0 Å². The van der Waals surface area contributed by atoms with Gasteiger partial charge in [-0.2, -0.15) is 0 Å². The number of rotatable bonds is 5. The number of nitrogens with zero attached hydrogens (tertiary/aromatic N) is 2. The van der Waals surface area contributed by atoms with E-state index in [0.29, 0.717) is 12.0 Å². The molecule has 3 unspecified atom stereocenters. The van der Waals surface area contributed by atoms with Crippen LogP contribution in [-0.4, -0.2) is 34.6 Å². The summed E-state index contributed by atoms with van der Waals surface area (Å²) in [6.07, 6.45) is 5.30. The van der Waals surface area contributed by atoms with Crippen LogP contribution < -0.4 is 5.32 Å². The summed E-state index contributed by atoms with van der Waals surface area (Å²) < 4.78 is 13.4. The largest absolute Gasteiger partial charge is 0.311 e. The summed E-state index contributed by atoms with van der Waals surface area (Å²) in [6.45, 7) is 11.8. The van der Waals surface area contributed by atoms with E-state index in [1.165, 1.54) is 12.6 Å². The molecule has 1 aromatic heterocycles. The van der Waals surface area contributed by atoms with Gasteiger partial charge < -0.3 is 5.32 Å². The molecule has 1 N–H and O–H groups in total. The molecular weight excluding hydrogens is 265 g/mol. The van der Waals surface area contributed by atoms with Crippen LogP contribution in [-0.2, 0) is 6.54 Å². The highest BCUT2D eigenvalue weighted by atomic mass is 19.1. The molecule has 0 amide bonds. The van der Waals surface area contributed by atoms with Gasteiger partial charge in [0.15, 0.2) is 0 Å². The van der Waals surface area contributed by atoms with Gasteiger partial charge in [0.05, 0.1) is 6.20 Å². The molecule has 0 saturated carbocycles. The molecule has 2 rings (SSSR count). The Hall–Kier alpha value is -1.00. The van der Waals surface area contributed by atoms with Crippen molar-refractivity contribution in [1.82, 2.24) is 15.2 Å². The maximum Gasteiger partial charge on any atom is 0.141 e. The van der Waals surface area contributed by atoms with Gasteiger partial charge in [0.1, 0.15) is 5.82 Å². The van der Waals surface area contributed by atoms with Gasteiger partial charge in [-0.05, 0) is 30.9 Å². The summed E-state index contributed by atoms with van der Waals surface area (Å²) in [5, 5.41) is 3.71. The van der Waals surface area contributed by atoms with Crippen molar-refractivity contribution in [3.8, 4) is 0 Å². The maximum absolute atomic E-state index is 13.4. The Kier molecular flexibility index (Phi) is 5.33. The average molecular weight is 293 g/mol. The van der Waals surface area contributed by atoms with Crippen LogP contribution in [0.15, 0.2) is 18.5 Å². The Morgan fingerprint density at radius 1 is 1.48 bits per heavy atom. The number of piperazine rings is 1. The molecule has 1 fully saturated rings. The summed E-state index contributed by atoms with van der Waals surface area (Å²) in [6, 6.07) is 2.11. The lowest BCUT2D eigenvalue weighted by Gasteiger charge is -2.49. The monoisotopic (exact) mass is 293 g/mol. The topological polar surface area (TPSA) is 28.2 Å². The van der Waals surface area contributed by atoms with E-state index in [-0.39, 0.29) is 11.4 Å². The third kappa shape index (κ3) is 3.80. The number of nitrogens with one attached hydrogen (secondary N) is 1. The van der Waals surface area contributed by atoms with E-state index < -0.39 is 0 Å². The minimum Gasteiger partial charge on any atom is -0.311 e. The summed E-state index contributed by atoms with van der Waals surface area (Å²) in [5.41, 5.74) is 1.08. The van der Waals surface area contributed by atoms with E-state index in [1.54, 1.807) is 12.3 Å². The van der Waals surface area contributed by atoms with Crippen molar-refractivity contribution in [2.24, 2.45) is 5.92 Å². The molecule has 21 heavy (non-hydrogen) atoms. The lowest BCUT2D eigenvalue weighted by Crippen LogP contribution is -2.63. The Morgan fingerprint density at radius 2 is 2.24 bits per heavy atom. The fourth-order valence-electron chi connectivity index (χ4n) is 3.02. The van der Waals surface area contributed by atoms with Gasteiger partial charge in [0.25, 0.3) is 0 Å². The predicted octanol–water partition coefficient (Wildman–Crippen LogP) is 3.21. The zero-order chi connectivity index (χ0) is 15.5. The molecule has 1 aromatic rings. The van der Waals surface area contributed by atoms with Crippen molar-refractivity contribution in [1.29, 1.82) is 0 Å². The van der Waals surface area contributed by atoms with Crippen molar-refractivity contribution >= 4 is 0 Å². The number of aromatic nitrogens is 1. The Labute approximate surface area is 127 Å². The van der Waals surface area contributed by atoms with Gasteiger partial charge in [-0.15, -0.1) is 0 Å². The second-order valence-corrected chi connectivity index (χ2v) is 6.62. The second kappa shape index (κ2) is 6.84. The minimum absolute atomic E-state index is 0.121. The molecule has 2 heterocycles. The Balaban J connectivity index is 2.14. The highest BCUT2D eigenvalue weighted by Crippen LogP contribution is 2.27. The van der Waals surface area contributed by atoms with Gasteiger partial charge in [0, 0.05) is 37.4 Å². The van der Waals surface area contributed by atoms with Crippen LogP contribution in [0.2, 0.25) is 0 Å². The van der Waals surface area contributed by atoms with Crippen LogP contribution >= 0.6 is 0 Å². The first-order chi connectivity index (χ1) is 9.98. The lowest BCUT2D eigenvalue weighted by atomic mass is 9.87. The molecule has 1 aliphatic rings. The molecule has 0 aliphatic carbocycles. The number of hydrogen-bond acceptors (Lipinski definition) is 3. The third-order valence-corrected chi connectivity index (χ3v) is 5.15. The Morgan fingerprint density at radius 3 is 2.86 bits per heavy atom. The van der Waals surface area contributed by atoms with E-state index in [1.807, 2.05) is 0 Å². The van der Waals surface area contributed by atoms with Crippen LogP contribution in [0, 0.1) is 11.7 Å². The van der Waals surface area contributed by atoms with Crippen molar-refractivity contribution in [2.75, 3.05) is 13.1 Å². The van der Waals surface area contributed by atoms with E-state index >= 15 is 0 Å². The van der Waals surface area contributed by atoms with Crippen LogP contribution in [0.4, 0.5) is 4.39 Å². The first-order valence-electron chi connectivity index (χ1n) is 8.06. The molecule has 0 radical (unpaired) electrons. The molecule has 0 bridgehead atoms. The molecule has 4 heteroatoms. The summed E-state index contributed by atoms with van der Waals surface area (Å²) >= 11 is 0. The van der Waals surface area contributed by atoms with Crippen molar-refractivity contribution in [3.63, 3.8) is 0 Å². The van der Waals surface area contributed by atoms with Crippen molar-refractivity contribution < 1.29 is 4.39 Å². The number of halogens is 1. The van der Waals surface area contributed by atoms with Gasteiger partial charge in [-0.3, -0.25) is 9.88 Å². The first-order valence-corrected chi connectivity index (χ1v) is 8.06. The number of pyridine rings is 1. The predicted molar refractivity (Wildman–Crippen MR) is 84.5 cm³/mol. The zero-order valence-electron chi connectivity index (χ0n) is 13.7. The first kappa shape index (κ1) is 16.4. The molecule has 0 aromatic carbocycles. The fraction of sp³-hybridized carbons (Fsp3) is 0.706.